The molecule has 144 valence electrons. The maximum atomic E-state index is 12.6. The van der Waals surface area contributed by atoms with Gasteiger partial charge in [-0.05, 0) is 40.5 Å². The zero-order chi connectivity index (χ0) is 19.1. The van der Waals surface area contributed by atoms with E-state index in [9.17, 15) is 14.4 Å². The van der Waals surface area contributed by atoms with Gasteiger partial charge in [0.1, 0.15) is 11.1 Å². The lowest BCUT2D eigenvalue weighted by molar-refractivity contribution is -0.136. The van der Waals surface area contributed by atoms with E-state index in [1.54, 1.807) is 27.7 Å². The quantitative estimate of drug-likeness (QED) is 0.484. The van der Waals surface area contributed by atoms with Crippen LogP contribution in [0.1, 0.15) is 47.0 Å². The summed E-state index contributed by atoms with van der Waals surface area (Å²) in [5.41, 5.74) is -1.48. The van der Waals surface area contributed by atoms with Crippen LogP contribution in [-0.4, -0.2) is 63.7 Å². The zero-order valence-corrected chi connectivity index (χ0v) is 16.9. The van der Waals surface area contributed by atoms with Gasteiger partial charge in [-0.25, -0.2) is 4.79 Å². The molecule has 1 aliphatic heterocycles. The molecule has 0 aromatic carbocycles. The highest BCUT2D eigenvalue weighted by Gasteiger charge is 2.47. The van der Waals surface area contributed by atoms with Crippen molar-refractivity contribution in [2.24, 2.45) is 0 Å². The summed E-state index contributed by atoms with van der Waals surface area (Å²) in [5, 5.41) is 11.4. The summed E-state index contributed by atoms with van der Waals surface area (Å²) in [6.07, 6.45) is 1.05. The first-order chi connectivity index (χ1) is 11.6. The number of hydrogen-bond donors (Lipinski definition) is 2. The first-order valence-electron chi connectivity index (χ1n) is 8.31. The fraction of sp³-hybridized carbons (Fsp3) is 0.812. The van der Waals surface area contributed by atoms with E-state index in [0.29, 0.717) is 31.0 Å². The van der Waals surface area contributed by atoms with Gasteiger partial charge in [0.05, 0.1) is 6.42 Å². The van der Waals surface area contributed by atoms with Crippen molar-refractivity contribution in [3.05, 3.63) is 0 Å². The van der Waals surface area contributed by atoms with E-state index >= 15 is 0 Å². The van der Waals surface area contributed by atoms with Crippen molar-refractivity contribution in [2.45, 2.75) is 58.1 Å². The van der Waals surface area contributed by atoms with Crippen LogP contribution >= 0.6 is 21.6 Å². The van der Waals surface area contributed by atoms with Gasteiger partial charge < -0.3 is 15.2 Å². The maximum absolute atomic E-state index is 12.6. The van der Waals surface area contributed by atoms with E-state index in [-0.39, 0.29) is 12.3 Å². The van der Waals surface area contributed by atoms with Crippen LogP contribution in [0.3, 0.4) is 0 Å². The van der Waals surface area contributed by atoms with Gasteiger partial charge >= 0.3 is 12.1 Å². The summed E-state index contributed by atoms with van der Waals surface area (Å²) in [4.78, 5) is 36.9. The van der Waals surface area contributed by atoms with E-state index in [2.05, 4.69) is 5.32 Å². The first kappa shape index (κ1) is 22.0. The molecular weight excluding hydrogens is 364 g/mol. The lowest BCUT2D eigenvalue weighted by atomic mass is 9.98. The van der Waals surface area contributed by atoms with E-state index < -0.39 is 23.2 Å². The third kappa shape index (κ3) is 7.35. The molecule has 0 bridgehead atoms. The normalized spacial score (nSPS) is 20.4. The molecule has 1 rings (SSSR count). The Kier molecular flexibility index (Phi) is 8.40. The number of carboxylic acids is 1. The van der Waals surface area contributed by atoms with Crippen molar-refractivity contribution in [3.8, 4) is 0 Å². The smallest absolute Gasteiger partial charge is 0.411 e. The molecule has 1 saturated heterocycles. The summed E-state index contributed by atoms with van der Waals surface area (Å²) in [7, 11) is 3.00. The highest BCUT2D eigenvalue weighted by molar-refractivity contribution is 8.76. The van der Waals surface area contributed by atoms with Crippen molar-refractivity contribution in [2.75, 3.05) is 24.6 Å². The Labute approximate surface area is 157 Å². The first-order valence-corrected chi connectivity index (χ1v) is 10.8. The van der Waals surface area contributed by atoms with Gasteiger partial charge in [0.15, 0.2) is 0 Å². The van der Waals surface area contributed by atoms with E-state index in [1.165, 1.54) is 26.5 Å². The zero-order valence-electron chi connectivity index (χ0n) is 15.3. The largest absolute Gasteiger partial charge is 0.481 e. The van der Waals surface area contributed by atoms with Crippen LogP contribution in [0.2, 0.25) is 0 Å². The second-order valence-corrected chi connectivity index (χ2v) is 9.76. The molecule has 0 saturated carbocycles. The number of hydrogen-bond acceptors (Lipinski definition) is 6. The number of rotatable bonds is 8. The lowest BCUT2D eigenvalue weighted by Crippen LogP contribution is -2.56. The minimum Gasteiger partial charge on any atom is -0.481 e. The van der Waals surface area contributed by atoms with Gasteiger partial charge in [-0.3, -0.25) is 14.5 Å². The van der Waals surface area contributed by atoms with Gasteiger partial charge in [0.2, 0.25) is 5.91 Å². The van der Waals surface area contributed by atoms with Crippen LogP contribution in [0.4, 0.5) is 4.79 Å². The van der Waals surface area contributed by atoms with Crippen molar-refractivity contribution in [1.82, 2.24) is 10.2 Å². The predicted molar refractivity (Wildman–Crippen MR) is 101 cm³/mol. The van der Waals surface area contributed by atoms with Gasteiger partial charge in [-0.15, -0.1) is 0 Å². The second-order valence-electron chi connectivity index (χ2n) is 7.05. The number of nitrogens with one attached hydrogen (secondary N) is 1. The number of nitrogens with zero attached hydrogens (tertiary/aromatic N) is 1. The Balaban J connectivity index is 2.41. The third-order valence-electron chi connectivity index (χ3n) is 3.70. The van der Waals surface area contributed by atoms with Crippen LogP contribution in [0.15, 0.2) is 0 Å². The minimum absolute atomic E-state index is 0.132. The minimum atomic E-state index is -0.885. The summed E-state index contributed by atoms with van der Waals surface area (Å²) in [5.74, 6) is 0.237. The molecule has 1 heterocycles. The van der Waals surface area contributed by atoms with Crippen LogP contribution < -0.4 is 5.32 Å². The lowest BCUT2D eigenvalue weighted by Gasteiger charge is -2.35. The number of carbonyl (C=O) groups excluding carboxylic acids is 2. The maximum Gasteiger partial charge on any atom is 0.411 e. The Morgan fingerprint density at radius 2 is 1.88 bits per heavy atom. The monoisotopic (exact) mass is 392 g/mol. The molecule has 2 N–H and O–H groups in total. The topological polar surface area (TPSA) is 95.9 Å². The van der Waals surface area contributed by atoms with E-state index in [0.717, 1.165) is 6.42 Å². The summed E-state index contributed by atoms with van der Waals surface area (Å²) in [6, 6.07) is 0. The van der Waals surface area contributed by atoms with Gasteiger partial charge in [-0.1, -0.05) is 21.6 Å². The molecule has 1 atom stereocenters. The van der Waals surface area contributed by atoms with Gasteiger partial charge in [0.25, 0.3) is 0 Å². The van der Waals surface area contributed by atoms with E-state index in [1.807, 2.05) is 0 Å². The van der Waals surface area contributed by atoms with Gasteiger partial charge in [-0.2, -0.15) is 0 Å². The highest BCUT2D eigenvalue weighted by Crippen LogP contribution is 2.31. The molecule has 7 nitrogen and oxygen atoms in total. The molecule has 25 heavy (non-hydrogen) atoms. The molecule has 1 unspecified atom stereocenters. The average Bonchev–Trinajstić information content (AvgIpc) is 2.87. The summed E-state index contributed by atoms with van der Waals surface area (Å²) < 4.78 is 5.41. The van der Waals surface area contributed by atoms with Crippen LogP contribution in [-0.2, 0) is 14.3 Å². The molecular formula is C16H28N2O5S2. The van der Waals surface area contributed by atoms with Crippen LogP contribution in [0, 0.1) is 0 Å². The molecule has 1 aliphatic rings. The highest BCUT2D eigenvalue weighted by atomic mass is 33.1. The third-order valence-corrected chi connectivity index (χ3v) is 6.11. The Bertz CT molecular complexity index is 495. The second kappa shape index (κ2) is 9.56. The molecule has 0 aliphatic carbocycles. The number of aliphatic carboxylic acids is 1. The molecule has 2 amide bonds. The standard InChI is InChI=1S/C16H28N2O5S2/c1-15(2,3)23-14(22)18-9-5-7-16(18,4)13(21)17-8-11-25-24-10-6-12(19)20/h5-11H2,1-4H3,(H,17,21)(H,19,20). The fourth-order valence-electron chi connectivity index (χ4n) is 2.45. The number of amides is 2. The van der Waals surface area contributed by atoms with Crippen molar-refractivity contribution >= 4 is 39.6 Å². The number of ether oxygens (including phenoxy) is 1. The van der Waals surface area contributed by atoms with Crippen LogP contribution in [0.25, 0.3) is 0 Å². The molecule has 0 aromatic rings. The molecule has 0 radical (unpaired) electrons. The average molecular weight is 393 g/mol. The summed E-state index contributed by atoms with van der Waals surface area (Å²) >= 11 is 0. The predicted octanol–water partition coefficient (Wildman–Crippen LogP) is 2.75. The molecule has 1 fully saturated rings. The fourth-order valence-corrected chi connectivity index (χ4v) is 4.34. The number of likely N-dealkylation sites (tertiary alicyclic amines) is 1. The SMILES string of the molecule is CC(C)(C)OC(=O)N1CCCC1(C)C(=O)NCCSSCCC(=O)O. The Hall–Kier alpha value is -1.09. The van der Waals surface area contributed by atoms with Gasteiger partial charge in [0, 0.05) is 24.6 Å². The molecule has 9 heteroatoms. The number of carbonyl (C=O) groups is 3. The van der Waals surface area contributed by atoms with Crippen molar-refractivity contribution in [3.63, 3.8) is 0 Å². The molecule has 0 aromatic heterocycles. The Morgan fingerprint density at radius 1 is 1.24 bits per heavy atom. The van der Waals surface area contributed by atoms with Crippen molar-refractivity contribution in [1.29, 1.82) is 0 Å². The summed E-state index contributed by atoms with van der Waals surface area (Å²) in [6.45, 7) is 8.17. The van der Waals surface area contributed by atoms with Crippen LogP contribution in [0.5, 0.6) is 0 Å². The van der Waals surface area contributed by atoms with E-state index in [4.69, 9.17) is 9.84 Å². The number of carboxylic acid groups (broad SMARTS) is 1. The Morgan fingerprint density at radius 3 is 2.48 bits per heavy atom. The van der Waals surface area contributed by atoms with Crippen molar-refractivity contribution < 1.29 is 24.2 Å². The molecule has 0 spiro atoms.